The van der Waals surface area contributed by atoms with Gasteiger partial charge in [-0.15, -0.1) is 0 Å². The molecule has 1 heterocycles. The van der Waals surface area contributed by atoms with Gasteiger partial charge in [0.05, 0.1) is 12.7 Å². The first-order valence-electron chi connectivity index (χ1n) is 3.67. The predicted molar refractivity (Wildman–Crippen MR) is 37.6 cm³/mol. The average Bonchev–Trinajstić information content (AvgIpc) is 2.09. The first kappa shape index (κ1) is 9.85. The van der Waals surface area contributed by atoms with Crippen molar-refractivity contribution in [3.05, 3.63) is 0 Å². The Kier molecular flexibility index (Phi) is 3.39. The molecular formula is C6H13NO5. The maximum absolute atomic E-state index is 9.22. The molecule has 6 heteroatoms. The first-order chi connectivity index (χ1) is 5.69. The van der Waals surface area contributed by atoms with Crippen molar-refractivity contribution in [1.82, 2.24) is 0 Å². The highest BCUT2D eigenvalue weighted by Gasteiger charge is 2.36. The van der Waals surface area contributed by atoms with Gasteiger partial charge in [0.25, 0.3) is 0 Å². The Labute approximate surface area is 69.5 Å². The van der Waals surface area contributed by atoms with Gasteiger partial charge in [-0.25, -0.2) is 5.90 Å². The Morgan fingerprint density at radius 2 is 2.17 bits per heavy atom. The molecule has 72 valence electrons. The van der Waals surface area contributed by atoms with E-state index in [4.69, 9.17) is 15.7 Å². The van der Waals surface area contributed by atoms with E-state index in [0.717, 1.165) is 0 Å². The van der Waals surface area contributed by atoms with Crippen LogP contribution in [0, 0.1) is 0 Å². The lowest BCUT2D eigenvalue weighted by Crippen LogP contribution is -2.51. The summed E-state index contributed by atoms with van der Waals surface area (Å²) in [5.74, 6) is 4.83. The summed E-state index contributed by atoms with van der Waals surface area (Å²) in [4.78, 5) is 4.34. The van der Waals surface area contributed by atoms with Gasteiger partial charge in [0.15, 0.2) is 6.29 Å². The second-order valence-corrected chi connectivity index (χ2v) is 2.72. The summed E-state index contributed by atoms with van der Waals surface area (Å²) in [6.45, 7) is -0.377. The number of hydrogen-bond donors (Lipinski definition) is 4. The molecule has 1 aliphatic heterocycles. The highest BCUT2D eigenvalue weighted by Crippen LogP contribution is 2.19. The van der Waals surface area contributed by atoms with Gasteiger partial charge < -0.3 is 20.1 Å². The van der Waals surface area contributed by atoms with Gasteiger partial charge in [0.1, 0.15) is 12.2 Å². The summed E-state index contributed by atoms with van der Waals surface area (Å²) in [6, 6.07) is 0. The maximum Gasteiger partial charge on any atom is 0.180 e. The van der Waals surface area contributed by atoms with Crippen molar-refractivity contribution in [3.8, 4) is 0 Å². The molecule has 6 nitrogen and oxygen atoms in total. The Morgan fingerprint density at radius 1 is 1.50 bits per heavy atom. The fourth-order valence-corrected chi connectivity index (χ4v) is 1.15. The van der Waals surface area contributed by atoms with Crippen LogP contribution in [0.4, 0.5) is 0 Å². The highest BCUT2D eigenvalue weighted by molar-refractivity contribution is 4.81. The van der Waals surface area contributed by atoms with Crippen molar-refractivity contribution in [1.29, 1.82) is 0 Å². The first-order valence-corrected chi connectivity index (χ1v) is 3.67. The molecule has 1 saturated heterocycles. The Morgan fingerprint density at radius 3 is 2.67 bits per heavy atom. The number of ether oxygens (including phenoxy) is 1. The predicted octanol–water partition coefficient (Wildman–Crippen LogP) is -2.29. The topological polar surface area (TPSA) is 105 Å². The quantitative estimate of drug-likeness (QED) is 0.355. The summed E-state index contributed by atoms with van der Waals surface area (Å²) in [5.41, 5.74) is 0. The second kappa shape index (κ2) is 4.13. The summed E-state index contributed by atoms with van der Waals surface area (Å²) >= 11 is 0. The van der Waals surface area contributed by atoms with Crippen LogP contribution in [0.15, 0.2) is 0 Å². The average molecular weight is 179 g/mol. The van der Waals surface area contributed by atoms with Crippen molar-refractivity contribution >= 4 is 0 Å². The normalized spacial score (nSPS) is 43.0. The molecule has 0 aromatic rings. The van der Waals surface area contributed by atoms with Crippen molar-refractivity contribution in [2.45, 2.75) is 31.0 Å². The zero-order chi connectivity index (χ0) is 9.14. The molecule has 0 spiro atoms. The van der Waals surface area contributed by atoms with Gasteiger partial charge in [0, 0.05) is 6.42 Å². The van der Waals surface area contributed by atoms with E-state index in [1.807, 2.05) is 0 Å². The summed E-state index contributed by atoms with van der Waals surface area (Å²) in [6.07, 6.45) is -3.54. The van der Waals surface area contributed by atoms with Gasteiger partial charge in [0.2, 0.25) is 0 Å². The van der Waals surface area contributed by atoms with E-state index in [-0.39, 0.29) is 13.0 Å². The Hall–Kier alpha value is -0.240. The molecule has 0 saturated carbocycles. The summed E-state index contributed by atoms with van der Waals surface area (Å²) in [5, 5.41) is 27.1. The molecular weight excluding hydrogens is 166 g/mol. The van der Waals surface area contributed by atoms with Crippen LogP contribution < -0.4 is 5.90 Å². The van der Waals surface area contributed by atoms with Gasteiger partial charge in [-0.2, -0.15) is 0 Å². The van der Waals surface area contributed by atoms with Gasteiger partial charge in [-0.3, -0.25) is 4.84 Å². The fraction of sp³-hybridized carbons (Fsp3) is 1.00. The molecule has 0 amide bonds. The highest BCUT2D eigenvalue weighted by atomic mass is 16.8. The lowest BCUT2D eigenvalue weighted by Gasteiger charge is -2.34. The second-order valence-electron chi connectivity index (χ2n) is 2.72. The molecule has 0 radical (unpaired) electrons. The van der Waals surface area contributed by atoms with Crippen LogP contribution in [-0.2, 0) is 9.57 Å². The van der Waals surface area contributed by atoms with Crippen LogP contribution >= 0.6 is 0 Å². The van der Waals surface area contributed by atoms with E-state index in [9.17, 15) is 10.2 Å². The largest absolute Gasteiger partial charge is 0.394 e. The maximum atomic E-state index is 9.22. The molecule has 1 rings (SSSR count). The van der Waals surface area contributed by atoms with Crippen LogP contribution in [0.1, 0.15) is 6.42 Å². The molecule has 12 heavy (non-hydrogen) atoms. The summed E-state index contributed by atoms with van der Waals surface area (Å²) in [7, 11) is 0. The number of hydrogen-bond acceptors (Lipinski definition) is 6. The minimum Gasteiger partial charge on any atom is -0.394 e. The number of aliphatic hydroxyl groups is 3. The van der Waals surface area contributed by atoms with E-state index in [1.54, 1.807) is 0 Å². The van der Waals surface area contributed by atoms with Crippen molar-refractivity contribution in [2.75, 3.05) is 6.61 Å². The Balaban J connectivity index is 2.52. The standard InChI is InChI=1S/C6H13NO5/c7-12-5-1-3(9)6(10)4(2-8)11-5/h3-6,8-10H,1-2,7H2/t3-,4-,5?,6+/m1/s1. The molecule has 0 aliphatic carbocycles. The number of nitrogens with two attached hydrogens (primary N) is 1. The molecule has 0 aromatic heterocycles. The third-order valence-electron chi connectivity index (χ3n) is 1.87. The van der Waals surface area contributed by atoms with Gasteiger partial charge >= 0.3 is 0 Å². The van der Waals surface area contributed by atoms with Crippen LogP contribution in [0.25, 0.3) is 0 Å². The molecule has 0 bridgehead atoms. The SMILES string of the molecule is NOC1C[C@@H](O)[C@H](O)[C@@H](CO)O1. The minimum absolute atomic E-state index is 0.105. The Bertz CT molecular complexity index is 144. The summed E-state index contributed by atoms with van der Waals surface area (Å²) < 4.78 is 4.96. The van der Waals surface area contributed by atoms with Crippen molar-refractivity contribution in [2.24, 2.45) is 5.90 Å². The zero-order valence-electron chi connectivity index (χ0n) is 6.46. The third kappa shape index (κ3) is 1.92. The van der Waals surface area contributed by atoms with E-state index in [0.29, 0.717) is 0 Å². The lowest BCUT2D eigenvalue weighted by atomic mass is 10.0. The van der Waals surface area contributed by atoms with Crippen LogP contribution in [0.5, 0.6) is 0 Å². The monoisotopic (exact) mass is 179 g/mol. The lowest BCUT2D eigenvalue weighted by molar-refractivity contribution is -0.258. The molecule has 1 fully saturated rings. The van der Waals surface area contributed by atoms with E-state index in [1.165, 1.54) is 0 Å². The number of aliphatic hydroxyl groups excluding tert-OH is 3. The van der Waals surface area contributed by atoms with Gasteiger partial charge in [-0.05, 0) is 0 Å². The third-order valence-corrected chi connectivity index (χ3v) is 1.87. The van der Waals surface area contributed by atoms with Gasteiger partial charge in [-0.1, -0.05) is 0 Å². The van der Waals surface area contributed by atoms with Crippen molar-refractivity contribution in [3.63, 3.8) is 0 Å². The molecule has 0 aromatic carbocycles. The van der Waals surface area contributed by atoms with Crippen LogP contribution in [-0.4, -0.2) is 46.5 Å². The van der Waals surface area contributed by atoms with Crippen LogP contribution in [0.2, 0.25) is 0 Å². The van der Waals surface area contributed by atoms with E-state index >= 15 is 0 Å². The van der Waals surface area contributed by atoms with Crippen LogP contribution in [0.3, 0.4) is 0 Å². The zero-order valence-corrected chi connectivity index (χ0v) is 6.46. The molecule has 4 atom stereocenters. The van der Waals surface area contributed by atoms with E-state index in [2.05, 4.69) is 4.84 Å². The smallest absolute Gasteiger partial charge is 0.180 e. The molecule has 5 N–H and O–H groups in total. The van der Waals surface area contributed by atoms with E-state index < -0.39 is 24.6 Å². The number of rotatable bonds is 2. The minimum atomic E-state index is -1.08. The molecule has 1 aliphatic rings. The molecule has 1 unspecified atom stereocenters. The van der Waals surface area contributed by atoms with Crippen molar-refractivity contribution < 1.29 is 24.9 Å². The fourth-order valence-electron chi connectivity index (χ4n) is 1.15.